The van der Waals surface area contributed by atoms with Gasteiger partial charge in [-0.25, -0.2) is 0 Å². The molecule has 0 N–H and O–H groups in total. The molecule has 2 heteroatoms. The number of hydrogen-bond acceptors (Lipinski definition) is 2. The SMILES string of the molecule is CC(C)CN1CC2(CCCOC2)C1. The monoisotopic (exact) mass is 183 g/mol. The van der Waals surface area contributed by atoms with E-state index in [0.717, 1.165) is 19.1 Å². The zero-order valence-electron chi connectivity index (χ0n) is 8.88. The third-order valence-corrected chi connectivity index (χ3v) is 3.15. The lowest BCUT2D eigenvalue weighted by Crippen LogP contribution is -2.60. The molecule has 2 nitrogen and oxygen atoms in total. The van der Waals surface area contributed by atoms with Crippen LogP contribution in [0.5, 0.6) is 0 Å². The smallest absolute Gasteiger partial charge is 0.0547 e. The maximum Gasteiger partial charge on any atom is 0.0547 e. The van der Waals surface area contributed by atoms with E-state index in [1.54, 1.807) is 0 Å². The molecule has 13 heavy (non-hydrogen) atoms. The first-order valence-electron chi connectivity index (χ1n) is 5.50. The highest BCUT2D eigenvalue weighted by molar-refractivity contribution is 4.96. The van der Waals surface area contributed by atoms with Crippen LogP contribution in [0.15, 0.2) is 0 Å². The van der Waals surface area contributed by atoms with Crippen molar-refractivity contribution >= 4 is 0 Å². The summed E-state index contributed by atoms with van der Waals surface area (Å²) in [6.07, 6.45) is 2.66. The Balaban J connectivity index is 1.75. The summed E-state index contributed by atoms with van der Waals surface area (Å²) in [4.78, 5) is 2.57. The third kappa shape index (κ3) is 2.05. The average molecular weight is 183 g/mol. The van der Waals surface area contributed by atoms with Crippen molar-refractivity contribution in [2.75, 3.05) is 32.8 Å². The summed E-state index contributed by atoms with van der Waals surface area (Å²) in [5.74, 6) is 0.807. The summed E-state index contributed by atoms with van der Waals surface area (Å²) in [6.45, 7) is 10.4. The molecule has 0 atom stereocenters. The van der Waals surface area contributed by atoms with Gasteiger partial charge in [0.25, 0.3) is 0 Å². The highest BCUT2D eigenvalue weighted by Crippen LogP contribution is 2.38. The van der Waals surface area contributed by atoms with Gasteiger partial charge in [0, 0.05) is 31.7 Å². The molecular weight excluding hydrogens is 162 g/mol. The third-order valence-electron chi connectivity index (χ3n) is 3.15. The molecular formula is C11H21NO. The highest BCUT2D eigenvalue weighted by Gasteiger charge is 2.43. The zero-order valence-corrected chi connectivity index (χ0v) is 8.88. The van der Waals surface area contributed by atoms with Gasteiger partial charge in [-0.15, -0.1) is 0 Å². The molecule has 0 unspecified atom stereocenters. The van der Waals surface area contributed by atoms with Crippen LogP contribution in [-0.4, -0.2) is 37.7 Å². The molecule has 2 aliphatic heterocycles. The molecule has 2 fully saturated rings. The van der Waals surface area contributed by atoms with Gasteiger partial charge in [-0.3, -0.25) is 0 Å². The molecule has 0 aromatic heterocycles. The zero-order chi connectivity index (χ0) is 9.31. The minimum atomic E-state index is 0.563. The fourth-order valence-electron chi connectivity index (χ4n) is 2.71. The first kappa shape index (κ1) is 9.47. The predicted molar refractivity (Wildman–Crippen MR) is 53.8 cm³/mol. The van der Waals surface area contributed by atoms with Crippen molar-refractivity contribution in [1.29, 1.82) is 0 Å². The van der Waals surface area contributed by atoms with Crippen molar-refractivity contribution in [3.63, 3.8) is 0 Å². The van der Waals surface area contributed by atoms with Crippen LogP contribution in [0.2, 0.25) is 0 Å². The molecule has 0 aliphatic carbocycles. The summed E-state index contributed by atoms with van der Waals surface area (Å²) in [5.41, 5.74) is 0.563. The number of likely N-dealkylation sites (tertiary alicyclic amines) is 1. The van der Waals surface area contributed by atoms with Gasteiger partial charge in [0.1, 0.15) is 0 Å². The van der Waals surface area contributed by atoms with Crippen LogP contribution in [0, 0.1) is 11.3 Å². The average Bonchev–Trinajstić information content (AvgIpc) is 2.02. The summed E-state index contributed by atoms with van der Waals surface area (Å²) < 4.78 is 5.55. The molecule has 1 spiro atoms. The van der Waals surface area contributed by atoms with Crippen molar-refractivity contribution in [2.45, 2.75) is 26.7 Å². The van der Waals surface area contributed by atoms with Crippen LogP contribution in [0.4, 0.5) is 0 Å². The standard InChI is InChI=1S/C11H21NO/c1-10(2)6-12-7-11(8-12)4-3-5-13-9-11/h10H,3-9H2,1-2H3. The van der Waals surface area contributed by atoms with E-state index >= 15 is 0 Å². The normalized spacial score (nSPS) is 27.9. The Morgan fingerprint density at radius 3 is 2.69 bits per heavy atom. The molecule has 2 saturated heterocycles. The lowest BCUT2D eigenvalue weighted by atomic mass is 9.75. The van der Waals surface area contributed by atoms with E-state index in [-0.39, 0.29) is 0 Å². The first-order chi connectivity index (χ1) is 6.20. The number of nitrogens with zero attached hydrogens (tertiary/aromatic N) is 1. The minimum absolute atomic E-state index is 0.563. The van der Waals surface area contributed by atoms with E-state index < -0.39 is 0 Å². The fraction of sp³-hybridized carbons (Fsp3) is 1.00. The van der Waals surface area contributed by atoms with Crippen molar-refractivity contribution in [3.05, 3.63) is 0 Å². The van der Waals surface area contributed by atoms with Gasteiger partial charge < -0.3 is 9.64 Å². The van der Waals surface area contributed by atoms with Gasteiger partial charge in [0.15, 0.2) is 0 Å². The van der Waals surface area contributed by atoms with Crippen LogP contribution in [0.25, 0.3) is 0 Å². The quantitative estimate of drug-likeness (QED) is 0.647. The molecule has 0 bridgehead atoms. The van der Waals surface area contributed by atoms with Crippen LogP contribution in [-0.2, 0) is 4.74 Å². The Kier molecular flexibility index (Phi) is 2.61. The van der Waals surface area contributed by atoms with E-state index in [2.05, 4.69) is 18.7 Å². The van der Waals surface area contributed by atoms with Gasteiger partial charge >= 0.3 is 0 Å². The fourth-order valence-corrected chi connectivity index (χ4v) is 2.71. The Morgan fingerprint density at radius 2 is 2.15 bits per heavy atom. The molecule has 0 amide bonds. The van der Waals surface area contributed by atoms with Crippen LogP contribution >= 0.6 is 0 Å². The molecule has 76 valence electrons. The Bertz CT molecular complexity index is 165. The second kappa shape index (κ2) is 3.58. The first-order valence-corrected chi connectivity index (χ1v) is 5.50. The Morgan fingerprint density at radius 1 is 1.38 bits per heavy atom. The molecule has 0 aromatic carbocycles. The second-order valence-electron chi connectivity index (χ2n) is 5.22. The van der Waals surface area contributed by atoms with E-state index in [4.69, 9.17) is 4.74 Å². The molecule has 0 saturated carbocycles. The van der Waals surface area contributed by atoms with Gasteiger partial charge in [-0.1, -0.05) is 13.8 Å². The molecule has 0 radical (unpaired) electrons. The maximum absolute atomic E-state index is 5.55. The predicted octanol–water partition coefficient (Wildman–Crippen LogP) is 1.75. The highest BCUT2D eigenvalue weighted by atomic mass is 16.5. The lowest BCUT2D eigenvalue weighted by Gasteiger charge is -2.52. The van der Waals surface area contributed by atoms with Gasteiger partial charge in [-0.2, -0.15) is 0 Å². The van der Waals surface area contributed by atoms with Gasteiger partial charge in [0.2, 0.25) is 0 Å². The topological polar surface area (TPSA) is 12.5 Å². The molecule has 2 heterocycles. The van der Waals surface area contributed by atoms with Crippen molar-refractivity contribution in [3.8, 4) is 0 Å². The number of rotatable bonds is 2. The Labute approximate surface area is 81.3 Å². The molecule has 2 rings (SSSR count). The van der Waals surface area contributed by atoms with Crippen molar-refractivity contribution < 1.29 is 4.74 Å². The van der Waals surface area contributed by atoms with Crippen LogP contribution < -0.4 is 0 Å². The molecule has 0 aromatic rings. The van der Waals surface area contributed by atoms with Crippen LogP contribution in [0.3, 0.4) is 0 Å². The summed E-state index contributed by atoms with van der Waals surface area (Å²) >= 11 is 0. The Hall–Kier alpha value is -0.0800. The largest absolute Gasteiger partial charge is 0.381 e. The van der Waals surface area contributed by atoms with Gasteiger partial charge in [-0.05, 0) is 18.8 Å². The lowest BCUT2D eigenvalue weighted by molar-refractivity contribution is -0.103. The number of ether oxygens (including phenoxy) is 1. The second-order valence-corrected chi connectivity index (χ2v) is 5.22. The van der Waals surface area contributed by atoms with Crippen molar-refractivity contribution in [1.82, 2.24) is 4.90 Å². The minimum Gasteiger partial charge on any atom is -0.381 e. The number of hydrogen-bond donors (Lipinski definition) is 0. The van der Waals surface area contributed by atoms with Gasteiger partial charge in [0.05, 0.1) is 6.61 Å². The van der Waals surface area contributed by atoms with Crippen LogP contribution in [0.1, 0.15) is 26.7 Å². The molecule has 2 aliphatic rings. The van der Waals surface area contributed by atoms with E-state index in [1.807, 2.05) is 0 Å². The summed E-state index contributed by atoms with van der Waals surface area (Å²) in [5, 5.41) is 0. The van der Waals surface area contributed by atoms with Crippen molar-refractivity contribution in [2.24, 2.45) is 11.3 Å². The van der Waals surface area contributed by atoms with E-state index in [1.165, 1.54) is 32.5 Å². The maximum atomic E-state index is 5.55. The van der Waals surface area contributed by atoms with E-state index in [9.17, 15) is 0 Å². The summed E-state index contributed by atoms with van der Waals surface area (Å²) in [7, 11) is 0. The summed E-state index contributed by atoms with van der Waals surface area (Å²) in [6, 6.07) is 0. The van der Waals surface area contributed by atoms with E-state index in [0.29, 0.717) is 5.41 Å².